The van der Waals surface area contributed by atoms with Crippen LogP contribution in [0, 0.1) is 10.1 Å². The number of nitro benzene ring substituents is 1. The number of para-hydroxylation sites is 1. The van der Waals surface area contributed by atoms with E-state index in [4.69, 9.17) is 4.74 Å². The van der Waals surface area contributed by atoms with Crippen LogP contribution in [-0.2, 0) is 9.53 Å². The number of hydrogen-bond acceptors (Lipinski definition) is 7. The summed E-state index contributed by atoms with van der Waals surface area (Å²) in [5, 5.41) is 14.5. The predicted molar refractivity (Wildman–Crippen MR) is 111 cm³/mol. The average molecular weight is 399 g/mol. The van der Waals surface area contributed by atoms with Gasteiger partial charge in [0.25, 0.3) is 5.69 Å². The lowest BCUT2D eigenvalue weighted by Gasteiger charge is -2.24. The zero-order valence-corrected chi connectivity index (χ0v) is 16.3. The zero-order valence-electron chi connectivity index (χ0n) is 15.5. The Labute approximate surface area is 167 Å². The first-order chi connectivity index (χ1) is 13.6. The number of hydrogen-bond donors (Lipinski definition) is 1. The van der Waals surface area contributed by atoms with Crippen molar-refractivity contribution in [3.8, 4) is 0 Å². The molecule has 1 unspecified atom stereocenters. The Morgan fingerprint density at radius 1 is 1.25 bits per heavy atom. The summed E-state index contributed by atoms with van der Waals surface area (Å²) in [6.45, 7) is 2.49. The van der Waals surface area contributed by atoms with Gasteiger partial charge in [0.05, 0.1) is 23.6 Å². The molecule has 1 aliphatic heterocycles. The topological polar surface area (TPSA) is 93.8 Å². The molecule has 1 N–H and O–H groups in total. The smallest absolute Gasteiger partial charge is 0.307 e. The minimum Gasteiger partial charge on any atom is -0.466 e. The van der Waals surface area contributed by atoms with E-state index in [0.29, 0.717) is 17.5 Å². The number of nitro groups is 1. The van der Waals surface area contributed by atoms with Crippen molar-refractivity contribution in [3.05, 3.63) is 64.2 Å². The summed E-state index contributed by atoms with van der Waals surface area (Å²) in [6.07, 6.45) is 2.09. The van der Waals surface area contributed by atoms with Crippen LogP contribution in [0.3, 0.4) is 0 Å². The van der Waals surface area contributed by atoms with Gasteiger partial charge in [-0.15, -0.1) is 0 Å². The van der Waals surface area contributed by atoms with Crippen molar-refractivity contribution in [2.24, 2.45) is 4.99 Å². The number of non-ortho nitro benzene ring substituents is 1. The van der Waals surface area contributed by atoms with Gasteiger partial charge in [-0.25, -0.2) is 4.99 Å². The molecule has 2 aromatic rings. The first-order valence-electron chi connectivity index (χ1n) is 9.08. The van der Waals surface area contributed by atoms with Gasteiger partial charge in [-0.1, -0.05) is 43.3 Å². The van der Waals surface area contributed by atoms with Crippen LogP contribution in [0.2, 0.25) is 0 Å². The number of esters is 1. The second-order valence-electron chi connectivity index (χ2n) is 6.29. The van der Waals surface area contributed by atoms with Crippen molar-refractivity contribution in [1.82, 2.24) is 0 Å². The molecule has 0 saturated heterocycles. The second kappa shape index (κ2) is 9.36. The lowest BCUT2D eigenvalue weighted by molar-refractivity contribution is -0.384. The number of amidine groups is 1. The molecule has 3 rings (SSSR count). The van der Waals surface area contributed by atoms with Gasteiger partial charge in [-0.3, -0.25) is 14.9 Å². The number of unbranched alkanes of at least 4 members (excludes halogenated alkanes) is 1. The van der Waals surface area contributed by atoms with E-state index in [1.54, 1.807) is 12.1 Å². The number of anilines is 1. The van der Waals surface area contributed by atoms with Crippen molar-refractivity contribution in [2.45, 2.75) is 31.4 Å². The van der Waals surface area contributed by atoms with Crippen LogP contribution < -0.4 is 5.32 Å². The number of rotatable bonds is 7. The molecule has 1 aliphatic rings. The summed E-state index contributed by atoms with van der Waals surface area (Å²) in [7, 11) is 0. The van der Waals surface area contributed by atoms with Gasteiger partial charge < -0.3 is 10.1 Å². The number of nitrogens with zero attached hydrogens (tertiary/aromatic N) is 2. The highest BCUT2D eigenvalue weighted by molar-refractivity contribution is 8.14. The van der Waals surface area contributed by atoms with Crippen LogP contribution in [-0.4, -0.2) is 22.7 Å². The van der Waals surface area contributed by atoms with Crippen molar-refractivity contribution in [1.29, 1.82) is 0 Å². The molecule has 0 amide bonds. The Bertz CT molecular complexity index is 883. The molecule has 1 atom stereocenters. The van der Waals surface area contributed by atoms with Crippen LogP contribution in [0.25, 0.3) is 0 Å². The standard InChI is InChI=1S/C20H21N3O4S/c1-2-3-12-27-19(24)13-18-16-6-4-5-7-17(16)22-20(28-18)21-14-8-10-15(11-9-14)23(25)26/h4-11,18H,2-3,12-13H2,1H3,(H,21,22). The molecule has 8 heteroatoms. The molecule has 7 nitrogen and oxygen atoms in total. The molecule has 1 heterocycles. The Hall–Kier alpha value is -2.87. The first kappa shape index (κ1) is 19.9. The van der Waals surface area contributed by atoms with E-state index >= 15 is 0 Å². The minimum absolute atomic E-state index is 0.0295. The lowest BCUT2D eigenvalue weighted by Crippen LogP contribution is -2.17. The maximum Gasteiger partial charge on any atom is 0.307 e. The van der Waals surface area contributed by atoms with Gasteiger partial charge in [-0.2, -0.15) is 0 Å². The van der Waals surface area contributed by atoms with Crippen molar-refractivity contribution >= 4 is 40.0 Å². The Kier molecular flexibility index (Phi) is 6.65. The summed E-state index contributed by atoms with van der Waals surface area (Å²) in [4.78, 5) is 27.2. The third-order valence-electron chi connectivity index (χ3n) is 4.20. The molecule has 0 aromatic heterocycles. The molecule has 2 aromatic carbocycles. The van der Waals surface area contributed by atoms with Crippen molar-refractivity contribution in [2.75, 3.05) is 11.9 Å². The van der Waals surface area contributed by atoms with E-state index in [-0.39, 0.29) is 23.3 Å². The summed E-state index contributed by atoms with van der Waals surface area (Å²) in [5.74, 6) is -0.225. The van der Waals surface area contributed by atoms with Gasteiger partial charge in [0.2, 0.25) is 0 Å². The summed E-state index contributed by atoms with van der Waals surface area (Å²) < 4.78 is 5.31. The maximum atomic E-state index is 12.2. The van der Waals surface area contributed by atoms with E-state index in [1.807, 2.05) is 31.2 Å². The molecule has 0 radical (unpaired) electrons. The highest BCUT2D eigenvalue weighted by Crippen LogP contribution is 2.43. The summed E-state index contributed by atoms with van der Waals surface area (Å²) >= 11 is 1.45. The Morgan fingerprint density at radius 3 is 2.71 bits per heavy atom. The highest BCUT2D eigenvalue weighted by atomic mass is 32.2. The monoisotopic (exact) mass is 399 g/mol. The Balaban J connectivity index is 1.73. The number of benzene rings is 2. The van der Waals surface area contributed by atoms with Crippen molar-refractivity contribution < 1.29 is 14.5 Å². The normalized spacial score (nSPS) is 15.3. The molecule has 0 spiro atoms. The number of fused-ring (bicyclic) bond motifs is 1. The van der Waals surface area contributed by atoms with Crippen LogP contribution in [0.15, 0.2) is 53.5 Å². The quantitative estimate of drug-likeness (QED) is 0.297. The molecule has 0 fully saturated rings. The molecule has 0 aliphatic carbocycles. The van der Waals surface area contributed by atoms with E-state index in [0.717, 1.165) is 24.1 Å². The zero-order chi connectivity index (χ0) is 19.9. The van der Waals surface area contributed by atoms with Gasteiger partial charge in [0, 0.05) is 23.1 Å². The summed E-state index contributed by atoms with van der Waals surface area (Å²) in [5.41, 5.74) is 2.52. The Morgan fingerprint density at radius 2 is 2.00 bits per heavy atom. The number of carbonyl (C=O) groups is 1. The molecule has 0 bridgehead atoms. The van der Waals surface area contributed by atoms with Crippen LogP contribution >= 0.6 is 11.8 Å². The second-order valence-corrected chi connectivity index (χ2v) is 7.48. The largest absolute Gasteiger partial charge is 0.466 e. The fourth-order valence-electron chi connectivity index (χ4n) is 2.74. The number of aliphatic imine (C=N–C) groups is 1. The van der Waals surface area contributed by atoms with Gasteiger partial charge in [-0.05, 0) is 30.2 Å². The maximum absolute atomic E-state index is 12.2. The van der Waals surface area contributed by atoms with E-state index in [9.17, 15) is 14.9 Å². The van der Waals surface area contributed by atoms with E-state index < -0.39 is 4.92 Å². The number of ether oxygens (including phenoxy) is 1. The number of thioether (sulfide) groups is 1. The molecule has 0 saturated carbocycles. The molecular formula is C20H21N3O4S. The minimum atomic E-state index is -0.437. The first-order valence-corrected chi connectivity index (χ1v) is 9.96. The predicted octanol–water partition coefficient (Wildman–Crippen LogP) is 5.22. The average Bonchev–Trinajstić information content (AvgIpc) is 2.68. The van der Waals surface area contributed by atoms with E-state index in [2.05, 4.69) is 10.3 Å². The number of carbonyl (C=O) groups excluding carboxylic acids is 1. The molecule has 28 heavy (non-hydrogen) atoms. The highest BCUT2D eigenvalue weighted by Gasteiger charge is 2.26. The van der Waals surface area contributed by atoms with Gasteiger partial charge >= 0.3 is 5.97 Å². The van der Waals surface area contributed by atoms with Crippen LogP contribution in [0.5, 0.6) is 0 Å². The van der Waals surface area contributed by atoms with Crippen LogP contribution in [0.4, 0.5) is 17.1 Å². The number of nitrogens with one attached hydrogen (secondary N) is 1. The third kappa shape index (κ3) is 5.10. The van der Waals surface area contributed by atoms with E-state index in [1.165, 1.54) is 23.9 Å². The van der Waals surface area contributed by atoms with Crippen LogP contribution in [0.1, 0.15) is 37.0 Å². The fraction of sp³-hybridized carbons (Fsp3) is 0.300. The van der Waals surface area contributed by atoms with Crippen molar-refractivity contribution in [3.63, 3.8) is 0 Å². The lowest BCUT2D eigenvalue weighted by atomic mass is 10.1. The third-order valence-corrected chi connectivity index (χ3v) is 5.32. The SMILES string of the molecule is CCCCOC(=O)CC1SC(Nc2ccc([N+](=O)[O-])cc2)=Nc2ccccc21. The fourth-order valence-corrected chi connectivity index (χ4v) is 3.88. The van der Waals surface area contributed by atoms with Gasteiger partial charge in [0.15, 0.2) is 5.17 Å². The summed E-state index contributed by atoms with van der Waals surface area (Å²) in [6, 6.07) is 13.9. The molecular weight excluding hydrogens is 378 g/mol. The van der Waals surface area contributed by atoms with Gasteiger partial charge in [0.1, 0.15) is 0 Å². The molecule has 146 valence electrons.